The van der Waals surface area contributed by atoms with Crippen LogP contribution in [0.3, 0.4) is 0 Å². The number of rotatable bonds is 8. The van der Waals surface area contributed by atoms with Crippen molar-refractivity contribution in [2.75, 3.05) is 7.11 Å². The van der Waals surface area contributed by atoms with Gasteiger partial charge in [0, 0.05) is 16.2 Å². The number of nitrogens with one attached hydrogen (secondary N) is 3. The maximum absolute atomic E-state index is 12.4. The fourth-order valence-corrected chi connectivity index (χ4v) is 4.81. The zero-order valence-electron chi connectivity index (χ0n) is 18.7. The van der Waals surface area contributed by atoms with Gasteiger partial charge in [-0.1, -0.05) is 36.0 Å². The lowest BCUT2D eigenvalue weighted by Crippen LogP contribution is -2.44. The molecule has 4 rings (SSSR count). The van der Waals surface area contributed by atoms with Crippen LogP contribution in [0, 0.1) is 0 Å². The Labute approximate surface area is 206 Å². The summed E-state index contributed by atoms with van der Waals surface area (Å²) in [5.41, 5.74) is 8.46. The van der Waals surface area contributed by atoms with Gasteiger partial charge in [0.1, 0.15) is 5.75 Å². The van der Waals surface area contributed by atoms with Crippen molar-refractivity contribution in [1.29, 1.82) is 0 Å². The number of para-hydroxylation sites is 2. The molecular weight excluding hydrogens is 468 g/mol. The summed E-state index contributed by atoms with van der Waals surface area (Å²) in [4.78, 5) is 33.6. The second kappa shape index (κ2) is 11.1. The predicted molar refractivity (Wildman–Crippen MR) is 136 cm³/mol. The van der Waals surface area contributed by atoms with Crippen molar-refractivity contribution in [2.45, 2.75) is 28.0 Å². The average Bonchev–Trinajstić information content (AvgIpc) is 3.29. The first-order valence-electron chi connectivity index (χ1n) is 10.6. The Bertz CT molecular complexity index is 1240. The van der Waals surface area contributed by atoms with Gasteiger partial charge in [0.25, 0.3) is 11.8 Å². The summed E-state index contributed by atoms with van der Waals surface area (Å²) in [6.07, 6.45) is 0. The van der Waals surface area contributed by atoms with Gasteiger partial charge >= 0.3 is 0 Å². The Hall–Kier alpha value is -3.43. The number of hydrogen-bond acceptors (Lipinski definition) is 6. The summed E-state index contributed by atoms with van der Waals surface area (Å²) < 4.78 is 5.14. The number of H-pyrrole nitrogens is 1. The van der Waals surface area contributed by atoms with Crippen LogP contribution < -0.4 is 15.6 Å². The Morgan fingerprint density at radius 1 is 1.00 bits per heavy atom. The third-order valence-electron chi connectivity index (χ3n) is 5.00. The van der Waals surface area contributed by atoms with Crippen molar-refractivity contribution >= 4 is 46.4 Å². The minimum atomic E-state index is -0.383. The van der Waals surface area contributed by atoms with Gasteiger partial charge in [-0.05, 0) is 61.0 Å². The van der Waals surface area contributed by atoms with Crippen LogP contribution in [0.15, 0.2) is 82.8 Å². The lowest BCUT2D eigenvalue weighted by atomic mass is 10.1. The van der Waals surface area contributed by atoms with E-state index < -0.39 is 0 Å². The number of carbonyl (C=O) groups is 2. The molecule has 4 aromatic rings. The molecule has 7 nitrogen and oxygen atoms in total. The molecular formula is C25H24N4O3S2. The van der Waals surface area contributed by atoms with Gasteiger partial charge in [-0.2, -0.15) is 0 Å². The molecule has 34 heavy (non-hydrogen) atoms. The minimum Gasteiger partial charge on any atom is -0.497 e. The Balaban J connectivity index is 1.24. The second-order valence-electron chi connectivity index (χ2n) is 7.42. The fourth-order valence-electron chi connectivity index (χ4n) is 3.11. The molecule has 2 amide bonds. The van der Waals surface area contributed by atoms with E-state index >= 15 is 0 Å². The molecule has 0 spiro atoms. The molecule has 0 saturated heterocycles. The number of fused-ring (bicyclic) bond motifs is 1. The average molecular weight is 493 g/mol. The maximum atomic E-state index is 12.4. The monoisotopic (exact) mass is 492 g/mol. The number of carbonyl (C=O) groups excluding carboxylic acids is 2. The molecule has 0 aliphatic heterocycles. The Morgan fingerprint density at radius 2 is 1.74 bits per heavy atom. The molecule has 0 aliphatic rings. The molecule has 0 radical (unpaired) electrons. The Kier molecular flexibility index (Phi) is 7.76. The van der Waals surface area contributed by atoms with Crippen LogP contribution >= 0.6 is 23.5 Å². The molecule has 1 unspecified atom stereocenters. The standard InChI is InChI=1S/C25H24N4O3S2/c1-16(34-20-13-11-19(32-2)12-14-20)23(30)28-29-24(31)18-9-7-17(8-10-18)15-33-25-26-21-5-3-4-6-22(21)27-25/h3-14,16H,15H2,1-2H3,(H,26,27)(H,28,30)(H,29,31). The highest BCUT2D eigenvalue weighted by Gasteiger charge is 2.16. The molecule has 0 fully saturated rings. The van der Waals surface area contributed by atoms with E-state index in [0.29, 0.717) is 5.56 Å². The number of imidazole rings is 1. The van der Waals surface area contributed by atoms with Gasteiger partial charge in [-0.25, -0.2) is 4.98 Å². The zero-order chi connectivity index (χ0) is 23.9. The van der Waals surface area contributed by atoms with Crippen LogP contribution in [-0.2, 0) is 10.5 Å². The lowest BCUT2D eigenvalue weighted by molar-refractivity contribution is -0.121. The molecule has 0 bridgehead atoms. The van der Waals surface area contributed by atoms with Crippen LogP contribution in [0.2, 0.25) is 0 Å². The Morgan fingerprint density at radius 3 is 2.44 bits per heavy atom. The van der Waals surface area contributed by atoms with Crippen LogP contribution in [0.25, 0.3) is 11.0 Å². The van der Waals surface area contributed by atoms with E-state index in [9.17, 15) is 9.59 Å². The van der Waals surface area contributed by atoms with Crippen molar-refractivity contribution < 1.29 is 14.3 Å². The van der Waals surface area contributed by atoms with Crippen molar-refractivity contribution in [3.05, 3.63) is 83.9 Å². The third-order valence-corrected chi connectivity index (χ3v) is 7.06. The van der Waals surface area contributed by atoms with Crippen LogP contribution in [0.4, 0.5) is 0 Å². The van der Waals surface area contributed by atoms with E-state index in [0.717, 1.165) is 38.2 Å². The van der Waals surface area contributed by atoms with E-state index in [1.807, 2.05) is 60.7 Å². The largest absolute Gasteiger partial charge is 0.497 e. The first-order chi connectivity index (χ1) is 16.5. The number of methoxy groups -OCH3 is 1. The zero-order valence-corrected chi connectivity index (χ0v) is 20.3. The number of hydrazine groups is 1. The summed E-state index contributed by atoms with van der Waals surface area (Å²) in [7, 11) is 1.61. The molecule has 3 N–H and O–H groups in total. The summed E-state index contributed by atoms with van der Waals surface area (Å²) >= 11 is 3.00. The van der Waals surface area contributed by atoms with Gasteiger partial charge in [-0.15, -0.1) is 11.8 Å². The molecule has 0 saturated carbocycles. The minimum absolute atomic E-state index is 0.284. The third kappa shape index (κ3) is 6.12. The van der Waals surface area contributed by atoms with Crippen molar-refractivity contribution in [3.63, 3.8) is 0 Å². The highest BCUT2D eigenvalue weighted by molar-refractivity contribution is 8.00. The second-order valence-corrected chi connectivity index (χ2v) is 9.80. The van der Waals surface area contributed by atoms with E-state index in [-0.39, 0.29) is 17.1 Å². The van der Waals surface area contributed by atoms with Gasteiger partial charge in [0.2, 0.25) is 0 Å². The van der Waals surface area contributed by atoms with Crippen molar-refractivity contribution in [2.24, 2.45) is 0 Å². The summed E-state index contributed by atoms with van der Waals surface area (Å²) in [6.45, 7) is 1.78. The molecule has 3 aromatic carbocycles. The number of amides is 2. The lowest BCUT2D eigenvalue weighted by Gasteiger charge is -2.13. The van der Waals surface area contributed by atoms with E-state index in [2.05, 4.69) is 20.8 Å². The highest BCUT2D eigenvalue weighted by Crippen LogP contribution is 2.25. The SMILES string of the molecule is COc1ccc(SC(C)C(=O)NNC(=O)c2ccc(CSc3nc4ccccc4[nH]3)cc2)cc1. The topological polar surface area (TPSA) is 96.1 Å². The first-order valence-corrected chi connectivity index (χ1v) is 12.5. The first kappa shape index (κ1) is 23.7. The van der Waals surface area contributed by atoms with Crippen LogP contribution in [0.1, 0.15) is 22.8 Å². The quantitative estimate of drug-likeness (QED) is 0.241. The molecule has 1 aromatic heterocycles. The fraction of sp³-hybridized carbons (Fsp3) is 0.160. The number of aromatic amines is 1. The number of hydrogen-bond donors (Lipinski definition) is 3. The number of ether oxygens (including phenoxy) is 1. The molecule has 174 valence electrons. The van der Waals surface area contributed by atoms with Gasteiger partial charge in [-0.3, -0.25) is 20.4 Å². The molecule has 1 atom stereocenters. The summed E-state index contributed by atoms with van der Waals surface area (Å²) in [5, 5.41) is 0.471. The van der Waals surface area contributed by atoms with Crippen LogP contribution in [-0.4, -0.2) is 34.1 Å². The summed E-state index contributed by atoms with van der Waals surface area (Å²) in [6, 6.07) is 22.6. The molecule has 0 aliphatic carbocycles. The van der Waals surface area contributed by atoms with Crippen molar-refractivity contribution in [3.8, 4) is 5.75 Å². The number of benzene rings is 3. The molecule has 1 heterocycles. The van der Waals surface area contributed by atoms with E-state index in [1.165, 1.54) is 11.8 Å². The van der Waals surface area contributed by atoms with Crippen molar-refractivity contribution in [1.82, 2.24) is 20.8 Å². The van der Waals surface area contributed by atoms with Gasteiger partial charge in [0.15, 0.2) is 5.16 Å². The predicted octanol–water partition coefficient (Wildman–Crippen LogP) is 4.81. The van der Waals surface area contributed by atoms with E-state index in [4.69, 9.17) is 4.74 Å². The normalized spacial score (nSPS) is 11.7. The highest BCUT2D eigenvalue weighted by atomic mass is 32.2. The van der Waals surface area contributed by atoms with Crippen LogP contribution in [0.5, 0.6) is 5.75 Å². The number of nitrogens with zero attached hydrogens (tertiary/aromatic N) is 1. The molecule has 9 heteroatoms. The summed E-state index contributed by atoms with van der Waals surface area (Å²) in [5.74, 6) is 0.825. The van der Waals surface area contributed by atoms with Gasteiger partial charge < -0.3 is 9.72 Å². The number of aromatic nitrogens is 2. The number of thioether (sulfide) groups is 2. The van der Waals surface area contributed by atoms with E-state index in [1.54, 1.807) is 37.9 Å². The van der Waals surface area contributed by atoms with Gasteiger partial charge in [0.05, 0.1) is 23.4 Å². The smallest absolute Gasteiger partial charge is 0.269 e. The maximum Gasteiger partial charge on any atom is 0.269 e.